The standard InChI is InChI=1S/C17H22N2O3/c1-5-19-14-10-12(18)6-7-13(14)15(16(21-4)17(19)20)22-9-8-11(2)3/h6-8,10H,5,9,18H2,1-4H3. The summed E-state index contributed by atoms with van der Waals surface area (Å²) in [6, 6.07) is 5.43. The molecule has 0 atom stereocenters. The first kappa shape index (κ1) is 15.9. The van der Waals surface area contributed by atoms with Gasteiger partial charge in [0.25, 0.3) is 5.56 Å². The fourth-order valence-corrected chi connectivity index (χ4v) is 2.34. The number of pyridine rings is 1. The van der Waals surface area contributed by atoms with Crippen molar-refractivity contribution in [2.45, 2.75) is 27.3 Å². The molecule has 5 nitrogen and oxygen atoms in total. The summed E-state index contributed by atoms with van der Waals surface area (Å²) in [5.74, 6) is 0.686. The maximum absolute atomic E-state index is 12.6. The van der Waals surface area contributed by atoms with Gasteiger partial charge in [-0.2, -0.15) is 0 Å². The molecule has 2 aromatic rings. The van der Waals surface area contributed by atoms with Crippen molar-refractivity contribution in [3.8, 4) is 11.5 Å². The number of hydrogen-bond donors (Lipinski definition) is 1. The van der Waals surface area contributed by atoms with Crippen LogP contribution in [0.3, 0.4) is 0 Å². The molecule has 0 fully saturated rings. The van der Waals surface area contributed by atoms with E-state index < -0.39 is 0 Å². The molecule has 0 unspecified atom stereocenters. The van der Waals surface area contributed by atoms with Gasteiger partial charge in [0.15, 0.2) is 5.75 Å². The lowest BCUT2D eigenvalue weighted by molar-refractivity contribution is 0.324. The molecule has 2 rings (SSSR count). The summed E-state index contributed by atoms with van der Waals surface area (Å²) in [5.41, 5.74) is 8.15. The highest BCUT2D eigenvalue weighted by Gasteiger charge is 2.18. The summed E-state index contributed by atoms with van der Waals surface area (Å²) in [6.07, 6.45) is 1.95. The third-order valence-corrected chi connectivity index (χ3v) is 3.44. The average molecular weight is 302 g/mol. The lowest BCUT2D eigenvalue weighted by Gasteiger charge is -2.16. The molecule has 118 valence electrons. The summed E-state index contributed by atoms with van der Waals surface area (Å²) in [5, 5.41) is 0.814. The zero-order chi connectivity index (χ0) is 16.3. The third-order valence-electron chi connectivity index (χ3n) is 3.44. The van der Waals surface area contributed by atoms with Crippen molar-refractivity contribution >= 4 is 16.6 Å². The van der Waals surface area contributed by atoms with E-state index in [9.17, 15) is 4.79 Å². The van der Waals surface area contributed by atoms with Gasteiger partial charge in [-0.05, 0) is 45.0 Å². The van der Waals surface area contributed by atoms with Gasteiger partial charge in [0, 0.05) is 17.6 Å². The van der Waals surface area contributed by atoms with E-state index in [4.69, 9.17) is 15.2 Å². The number of anilines is 1. The molecule has 1 heterocycles. The topological polar surface area (TPSA) is 66.5 Å². The molecule has 0 aliphatic heterocycles. The highest BCUT2D eigenvalue weighted by atomic mass is 16.5. The fraction of sp³-hybridized carbons (Fsp3) is 0.353. The third kappa shape index (κ3) is 2.93. The van der Waals surface area contributed by atoms with Gasteiger partial charge in [-0.1, -0.05) is 5.57 Å². The molecule has 0 aliphatic rings. The maximum atomic E-state index is 12.6. The van der Waals surface area contributed by atoms with Crippen LogP contribution in [0.5, 0.6) is 11.5 Å². The minimum Gasteiger partial charge on any atom is -0.488 e. The summed E-state index contributed by atoms with van der Waals surface area (Å²) in [7, 11) is 1.48. The number of aryl methyl sites for hydroxylation is 1. The molecule has 22 heavy (non-hydrogen) atoms. The van der Waals surface area contributed by atoms with Gasteiger partial charge >= 0.3 is 0 Å². The number of hydrogen-bond acceptors (Lipinski definition) is 4. The van der Waals surface area contributed by atoms with E-state index in [1.165, 1.54) is 7.11 Å². The Morgan fingerprint density at radius 2 is 2.05 bits per heavy atom. The Balaban J connectivity index is 2.72. The SMILES string of the molecule is CCn1c(=O)c(OC)c(OCC=C(C)C)c2ccc(N)cc21. The Kier molecular flexibility index (Phi) is 4.75. The fourth-order valence-electron chi connectivity index (χ4n) is 2.34. The number of fused-ring (bicyclic) bond motifs is 1. The minimum atomic E-state index is -0.213. The van der Waals surface area contributed by atoms with Crippen molar-refractivity contribution in [3.05, 3.63) is 40.2 Å². The van der Waals surface area contributed by atoms with Crippen LogP contribution in [0.4, 0.5) is 5.69 Å². The van der Waals surface area contributed by atoms with Crippen LogP contribution in [0.15, 0.2) is 34.6 Å². The van der Waals surface area contributed by atoms with E-state index in [2.05, 4.69) is 0 Å². The van der Waals surface area contributed by atoms with Crippen LogP contribution in [-0.2, 0) is 6.54 Å². The Hall–Kier alpha value is -2.43. The van der Waals surface area contributed by atoms with Gasteiger partial charge in [0.1, 0.15) is 6.61 Å². The van der Waals surface area contributed by atoms with Crippen LogP contribution in [-0.4, -0.2) is 18.3 Å². The quantitative estimate of drug-likeness (QED) is 0.681. The number of aromatic nitrogens is 1. The zero-order valence-electron chi connectivity index (χ0n) is 13.5. The van der Waals surface area contributed by atoms with Gasteiger partial charge < -0.3 is 19.8 Å². The Bertz CT molecular complexity index is 772. The number of benzene rings is 1. The van der Waals surface area contributed by atoms with Crippen LogP contribution >= 0.6 is 0 Å². The molecule has 1 aromatic carbocycles. The Morgan fingerprint density at radius 3 is 2.64 bits per heavy atom. The monoisotopic (exact) mass is 302 g/mol. The molecule has 0 amide bonds. The molecule has 0 saturated carbocycles. The number of methoxy groups -OCH3 is 1. The van der Waals surface area contributed by atoms with Gasteiger partial charge in [0.05, 0.1) is 12.6 Å². The van der Waals surface area contributed by atoms with Crippen LogP contribution in [0.25, 0.3) is 10.9 Å². The number of ether oxygens (including phenoxy) is 2. The number of rotatable bonds is 5. The molecular weight excluding hydrogens is 280 g/mol. The number of nitrogen functional groups attached to an aromatic ring is 1. The summed E-state index contributed by atoms with van der Waals surface area (Å²) >= 11 is 0. The molecular formula is C17H22N2O3. The summed E-state index contributed by atoms with van der Waals surface area (Å²) in [4.78, 5) is 12.6. The highest BCUT2D eigenvalue weighted by molar-refractivity contribution is 5.90. The van der Waals surface area contributed by atoms with Gasteiger partial charge in [-0.25, -0.2) is 0 Å². The van der Waals surface area contributed by atoms with E-state index >= 15 is 0 Å². The van der Waals surface area contributed by atoms with Gasteiger partial charge in [0.2, 0.25) is 5.75 Å². The first-order valence-corrected chi connectivity index (χ1v) is 7.25. The van der Waals surface area contributed by atoms with E-state index in [-0.39, 0.29) is 11.3 Å². The van der Waals surface area contributed by atoms with Crippen molar-refractivity contribution in [3.63, 3.8) is 0 Å². The predicted molar refractivity (Wildman–Crippen MR) is 89.8 cm³/mol. The second-order valence-corrected chi connectivity index (χ2v) is 5.28. The van der Waals surface area contributed by atoms with Gasteiger partial charge in [-0.15, -0.1) is 0 Å². The molecule has 0 saturated heterocycles. The van der Waals surface area contributed by atoms with Crippen LogP contribution < -0.4 is 20.8 Å². The van der Waals surface area contributed by atoms with E-state index in [0.29, 0.717) is 24.6 Å². The second kappa shape index (κ2) is 6.56. The van der Waals surface area contributed by atoms with E-state index in [0.717, 1.165) is 16.5 Å². The molecule has 5 heteroatoms. The summed E-state index contributed by atoms with van der Waals surface area (Å²) in [6.45, 7) is 6.81. The first-order chi connectivity index (χ1) is 10.5. The van der Waals surface area contributed by atoms with Crippen molar-refractivity contribution in [2.24, 2.45) is 0 Å². The molecule has 0 radical (unpaired) electrons. The van der Waals surface area contributed by atoms with Gasteiger partial charge in [-0.3, -0.25) is 4.79 Å². The number of allylic oxidation sites excluding steroid dienone is 1. The molecule has 1 aromatic heterocycles. The van der Waals surface area contributed by atoms with Crippen LogP contribution in [0.2, 0.25) is 0 Å². The first-order valence-electron chi connectivity index (χ1n) is 7.25. The van der Waals surface area contributed by atoms with Crippen molar-refractivity contribution in [1.29, 1.82) is 0 Å². The molecule has 2 N–H and O–H groups in total. The summed E-state index contributed by atoms with van der Waals surface area (Å²) < 4.78 is 12.8. The van der Waals surface area contributed by atoms with E-state index in [1.54, 1.807) is 16.7 Å². The van der Waals surface area contributed by atoms with Crippen molar-refractivity contribution in [1.82, 2.24) is 4.57 Å². The lowest BCUT2D eigenvalue weighted by atomic mass is 10.1. The molecule has 0 spiro atoms. The highest BCUT2D eigenvalue weighted by Crippen LogP contribution is 2.33. The molecule has 0 aliphatic carbocycles. The smallest absolute Gasteiger partial charge is 0.297 e. The van der Waals surface area contributed by atoms with Crippen LogP contribution in [0.1, 0.15) is 20.8 Å². The zero-order valence-corrected chi connectivity index (χ0v) is 13.5. The maximum Gasteiger partial charge on any atom is 0.297 e. The van der Waals surface area contributed by atoms with Crippen LogP contribution in [0, 0.1) is 0 Å². The second-order valence-electron chi connectivity index (χ2n) is 5.28. The minimum absolute atomic E-state index is 0.213. The largest absolute Gasteiger partial charge is 0.488 e. The Labute approximate surface area is 130 Å². The average Bonchev–Trinajstić information content (AvgIpc) is 2.47. The predicted octanol–water partition coefficient (Wildman–Crippen LogP) is 2.96. The number of nitrogens with zero attached hydrogens (tertiary/aromatic N) is 1. The van der Waals surface area contributed by atoms with Crippen molar-refractivity contribution in [2.75, 3.05) is 19.5 Å². The normalized spacial score (nSPS) is 10.5. The molecule has 0 bridgehead atoms. The lowest BCUT2D eigenvalue weighted by Crippen LogP contribution is -2.22. The number of nitrogens with two attached hydrogens (primary N) is 1. The van der Waals surface area contributed by atoms with E-state index in [1.807, 2.05) is 32.9 Å². The Morgan fingerprint density at radius 1 is 1.32 bits per heavy atom. The van der Waals surface area contributed by atoms with Crippen molar-refractivity contribution < 1.29 is 9.47 Å².